The first kappa shape index (κ1) is 13.8. The van der Waals surface area contributed by atoms with E-state index in [1.54, 1.807) is 6.07 Å². The standard InChI is InChI=1S/C12H9BrF3N3/c13-10-5-11(19-7-18-10)17-6-8-1-3-9(4-2-8)12(14,15)16/h1-5,7H,6H2,(H,17,18,19). The van der Waals surface area contributed by atoms with Crippen molar-refractivity contribution in [2.75, 3.05) is 5.32 Å². The molecule has 0 aliphatic heterocycles. The molecule has 0 saturated heterocycles. The minimum absolute atomic E-state index is 0.390. The van der Waals surface area contributed by atoms with E-state index in [4.69, 9.17) is 0 Å². The van der Waals surface area contributed by atoms with E-state index >= 15 is 0 Å². The fourth-order valence-corrected chi connectivity index (χ4v) is 1.74. The maximum absolute atomic E-state index is 12.4. The smallest absolute Gasteiger partial charge is 0.366 e. The van der Waals surface area contributed by atoms with Crippen LogP contribution in [0.25, 0.3) is 0 Å². The summed E-state index contributed by atoms with van der Waals surface area (Å²) in [5.41, 5.74) is 0.0868. The average molecular weight is 332 g/mol. The van der Waals surface area contributed by atoms with Crippen LogP contribution in [0.4, 0.5) is 19.0 Å². The van der Waals surface area contributed by atoms with E-state index < -0.39 is 11.7 Å². The molecule has 0 aliphatic carbocycles. The molecule has 100 valence electrons. The molecule has 0 fully saturated rings. The van der Waals surface area contributed by atoms with Crippen LogP contribution in [0.5, 0.6) is 0 Å². The topological polar surface area (TPSA) is 37.8 Å². The lowest BCUT2D eigenvalue weighted by Crippen LogP contribution is -2.06. The van der Waals surface area contributed by atoms with Crippen molar-refractivity contribution in [3.05, 3.63) is 52.4 Å². The van der Waals surface area contributed by atoms with E-state index in [1.165, 1.54) is 18.5 Å². The highest BCUT2D eigenvalue weighted by Crippen LogP contribution is 2.29. The predicted octanol–water partition coefficient (Wildman–Crippen LogP) is 3.87. The zero-order chi connectivity index (χ0) is 13.9. The SMILES string of the molecule is FC(F)(F)c1ccc(CNc2cc(Br)ncn2)cc1. The molecule has 0 amide bonds. The Labute approximate surface area is 116 Å². The summed E-state index contributed by atoms with van der Waals surface area (Å²) in [6.07, 6.45) is -2.91. The van der Waals surface area contributed by atoms with E-state index in [9.17, 15) is 13.2 Å². The first-order chi connectivity index (χ1) is 8.95. The van der Waals surface area contributed by atoms with Crippen molar-refractivity contribution in [1.82, 2.24) is 9.97 Å². The van der Waals surface area contributed by atoms with Crippen molar-refractivity contribution in [3.8, 4) is 0 Å². The van der Waals surface area contributed by atoms with Gasteiger partial charge in [-0.3, -0.25) is 0 Å². The average Bonchev–Trinajstić information content (AvgIpc) is 2.36. The maximum Gasteiger partial charge on any atom is 0.416 e. The van der Waals surface area contributed by atoms with Gasteiger partial charge in [0, 0.05) is 12.6 Å². The van der Waals surface area contributed by atoms with Gasteiger partial charge in [0.2, 0.25) is 0 Å². The summed E-state index contributed by atoms with van der Waals surface area (Å²) in [6.45, 7) is 0.390. The van der Waals surface area contributed by atoms with Crippen molar-refractivity contribution in [3.63, 3.8) is 0 Å². The number of benzene rings is 1. The molecule has 1 aromatic heterocycles. The van der Waals surface area contributed by atoms with Gasteiger partial charge in [-0.05, 0) is 33.6 Å². The number of hydrogen-bond donors (Lipinski definition) is 1. The van der Waals surface area contributed by atoms with Crippen LogP contribution in [0.2, 0.25) is 0 Å². The number of hydrogen-bond acceptors (Lipinski definition) is 3. The minimum Gasteiger partial charge on any atom is -0.366 e. The molecule has 19 heavy (non-hydrogen) atoms. The molecule has 0 radical (unpaired) electrons. The number of rotatable bonds is 3. The quantitative estimate of drug-likeness (QED) is 0.867. The van der Waals surface area contributed by atoms with Gasteiger partial charge >= 0.3 is 6.18 Å². The summed E-state index contributed by atoms with van der Waals surface area (Å²) in [5.74, 6) is 0.599. The molecular formula is C12H9BrF3N3. The fourth-order valence-electron chi connectivity index (χ4n) is 1.43. The second-order valence-corrected chi connectivity index (χ2v) is 4.59. The van der Waals surface area contributed by atoms with Crippen LogP contribution in [-0.2, 0) is 12.7 Å². The summed E-state index contributed by atoms with van der Waals surface area (Å²) in [6, 6.07) is 6.68. The molecular weight excluding hydrogens is 323 g/mol. The largest absolute Gasteiger partial charge is 0.416 e. The van der Waals surface area contributed by atoms with Crippen LogP contribution in [0.1, 0.15) is 11.1 Å². The normalized spacial score (nSPS) is 11.4. The van der Waals surface area contributed by atoms with Crippen LogP contribution >= 0.6 is 15.9 Å². The van der Waals surface area contributed by atoms with Gasteiger partial charge in [0.1, 0.15) is 16.7 Å². The summed E-state index contributed by atoms with van der Waals surface area (Å²) >= 11 is 3.20. The first-order valence-electron chi connectivity index (χ1n) is 5.33. The fraction of sp³-hybridized carbons (Fsp3) is 0.167. The minimum atomic E-state index is -4.30. The summed E-state index contributed by atoms with van der Waals surface area (Å²) in [4.78, 5) is 7.85. The lowest BCUT2D eigenvalue weighted by Gasteiger charge is -2.08. The van der Waals surface area contributed by atoms with Gasteiger partial charge in [0.15, 0.2) is 0 Å². The van der Waals surface area contributed by atoms with Crippen LogP contribution in [0.3, 0.4) is 0 Å². The molecule has 1 N–H and O–H groups in total. The van der Waals surface area contributed by atoms with E-state index in [1.807, 2.05) is 0 Å². The van der Waals surface area contributed by atoms with Crippen molar-refractivity contribution in [2.24, 2.45) is 0 Å². The second-order valence-electron chi connectivity index (χ2n) is 3.77. The number of nitrogens with one attached hydrogen (secondary N) is 1. The van der Waals surface area contributed by atoms with Crippen molar-refractivity contribution < 1.29 is 13.2 Å². The van der Waals surface area contributed by atoms with E-state index in [0.29, 0.717) is 17.0 Å². The third-order valence-electron chi connectivity index (χ3n) is 2.39. The number of anilines is 1. The molecule has 0 atom stereocenters. The van der Waals surface area contributed by atoms with Crippen molar-refractivity contribution in [2.45, 2.75) is 12.7 Å². The van der Waals surface area contributed by atoms with Gasteiger partial charge in [-0.1, -0.05) is 12.1 Å². The maximum atomic E-state index is 12.4. The van der Waals surface area contributed by atoms with E-state index in [2.05, 4.69) is 31.2 Å². The second kappa shape index (κ2) is 5.56. The molecule has 2 aromatic rings. The molecule has 1 aromatic carbocycles. The Balaban J connectivity index is 2.01. The highest BCUT2D eigenvalue weighted by molar-refractivity contribution is 9.10. The lowest BCUT2D eigenvalue weighted by molar-refractivity contribution is -0.137. The van der Waals surface area contributed by atoms with Gasteiger partial charge in [-0.25, -0.2) is 9.97 Å². The lowest BCUT2D eigenvalue weighted by atomic mass is 10.1. The van der Waals surface area contributed by atoms with E-state index in [-0.39, 0.29) is 0 Å². The zero-order valence-corrected chi connectivity index (χ0v) is 11.2. The third kappa shape index (κ3) is 3.92. The number of nitrogens with zero attached hydrogens (tertiary/aromatic N) is 2. The molecule has 0 aliphatic rings. The Kier molecular flexibility index (Phi) is 4.04. The number of aromatic nitrogens is 2. The Bertz CT molecular complexity index is 555. The van der Waals surface area contributed by atoms with Crippen LogP contribution in [-0.4, -0.2) is 9.97 Å². The molecule has 0 saturated carbocycles. The molecule has 3 nitrogen and oxygen atoms in total. The Morgan fingerprint density at radius 1 is 1.11 bits per heavy atom. The first-order valence-corrected chi connectivity index (χ1v) is 6.12. The van der Waals surface area contributed by atoms with Crippen LogP contribution in [0, 0.1) is 0 Å². The summed E-state index contributed by atoms with van der Waals surface area (Å²) in [5, 5.41) is 3.00. The Morgan fingerprint density at radius 2 is 1.79 bits per heavy atom. The van der Waals surface area contributed by atoms with Crippen LogP contribution < -0.4 is 5.32 Å². The monoisotopic (exact) mass is 331 g/mol. The van der Waals surface area contributed by atoms with Gasteiger partial charge in [-0.15, -0.1) is 0 Å². The van der Waals surface area contributed by atoms with E-state index in [0.717, 1.165) is 17.7 Å². The van der Waals surface area contributed by atoms with Gasteiger partial charge < -0.3 is 5.32 Å². The molecule has 0 spiro atoms. The molecule has 0 unspecified atom stereocenters. The Morgan fingerprint density at radius 3 is 2.37 bits per heavy atom. The zero-order valence-electron chi connectivity index (χ0n) is 9.58. The van der Waals surface area contributed by atoms with Gasteiger partial charge in [0.25, 0.3) is 0 Å². The highest BCUT2D eigenvalue weighted by atomic mass is 79.9. The summed E-state index contributed by atoms with van der Waals surface area (Å²) in [7, 11) is 0. The number of alkyl halides is 3. The summed E-state index contributed by atoms with van der Waals surface area (Å²) < 4.78 is 37.8. The molecule has 2 rings (SSSR count). The Hall–Kier alpha value is -1.63. The molecule has 1 heterocycles. The van der Waals surface area contributed by atoms with Crippen molar-refractivity contribution >= 4 is 21.7 Å². The van der Waals surface area contributed by atoms with Gasteiger partial charge in [-0.2, -0.15) is 13.2 Å². The van der Waals surface area contributed by atoms with Crippen molar-refractivity contribution in [1.29, 1.82) is 0 Å². The predicted molar refractivity (Wildman–Crippen MR) is 68.5 cm³/mol. The molecule has 7 heteroatoms. The molecule has 0 bridgehead atoms. The highest BCUT2D eigenvalue weighted by Gasteiger charge is 2.29. The number of halogens is 4. The third-order valence-corrected chi connectivity index (χ3v) is 2.82. The van der Waals surface area contributed by atoms with Crippen LogP contribution in [0.15, 0.2) is 41.3 Å². The van der Waals surface area contributed by atoms with Gasteiger partial charge in [0.05, 0.1) is 5.56 Å².